The minimum atomic E-state index is -5.31. The largest absolute Gasteiger partial charge is 0.511 e. The molecular formula is C11H22F3NO3S. The SMILES string of the molecule is CC(CNS(=O)(=O)C(F)(F)F)OC(C)(C)C(C)(C)C. The summed E-state index contributed by atoms with van der Waals surface area (Å²) in [5.74, 6) is 0. The first kappa shape index (κ1) is 18.7. The van der Waals surface area contributed by atoms with Crippen LogP contribution in [0.25, 0.3) is 0 Å². The lowest BCUT2D eigenvalue weighted by molar-refractivity contribution is -0.122. The number of nitrogens with one attached hydrogen (secondary N) is 1. The van der Waals surface area contributed by atoms with Crippen LogP contribution in [0.2, 0.25) is 0 Å². The van der Waals surface area contributed by atoms with Gasteiger partial charge < -0.3 is 4.74 Å². The van der Waals surface area contributed by atoms with Gasteiger partial charge >= 0.3 is 15.5 Å². The summed E-state index contributed by atoms with van der Waals surface area (Å²) in [6.45, 7) is 10.5. The standard InChI is InChI=1S/C11H22F3NO3S/c1-8(18-10(5,6)9(2,3)4)7-15-19(16,17)11(12,13)14/h8,15H,7H2,1-6H3. The average Bonchev–Trinajstić information content (AvgIpc) is 2.10. The molecule has 0 aromatic rings. The summed E-state index contributed by atoms with van der Waals surface area (Å²) in [7, 11) is -5.31. The smallest absolute Gasteiger partial charge is 0.371 e. The van der Waals surface area contributed by atoms with Gasteiger partial charge in [0, 0.05) is 6.54 Å². The average molecular weight is 305 g/mol. The first-order valence-corrected chi connectivity index (χ1v) is 7.32. The molecule has 4 nitrogen and oxygen atoms in total. The molecule has 1 atom stereocenters. The van der Waals surface area contributed by atoms with Gasteiger partial charge in [0.25, 0.3) is 0 Å². The Balaban J connectivity index is 4.56. The molecule has 0 fully saturated rings. The third-order valence-corrected chi connectivity index (χ3v) is 4.32. The van der Waals surface area contributed by atoms with Crippen molar-refractivity contribution in [3.05, 3.63) is 0 Å². The number of rotatable bonds is 5. The maximum Gasteiger partial charge on any atom is 0.511 e. The van der Waals surface area contributed by atoms with E-state index in [2.05, 4.69) is 0 Å². The van der Waals surface area contributed by atoms with Gasteiger partial charge in [0.1, 0.15) is 0 Å². The van der Waals surface area contributed by atoms with E-state index in [4.69, 9.17) is 4.74 Å². The molecule has 0 bridgehead atoms. The topological polar surface area (TPSA) is 55.4 Å². The minimum absolute atomic E-state index is 0.232. The van der Waals surface area contributed by atoms with Gasteiger partial charge in [0.15, 0.2) is 0 Å². The van der Waals surface area contributed by atoms with Gasteiger partial charge in [0.05, 0.1) is 11.7 Å². The molecule has 0 saturated heterocycles. The van der Waals surface area contributed by atoms with Crippen molar-refractivity contribution in [3.63, 3.8) is 0 Å². The zero-order chi connectivity index (χ0) is 15.7. The summed E-state index contributed by atoms with van der Waals surface area (Å²) in [6, 6.07) is 0. The fourth-order valence-corrected chi connectivity index (χ4v) is 1.65. The van der Waals surface area contributed by atoms with E-state index in [9.17, 15) is 21.6 Å². The van der Waals surface area contributed by atoms with Crippen LogP contribution in [0.5, 0.6) is 0 Å². The van der Waals surface area contributed by atoms with Crippen molar-refractivity contribution in [2.45, 2.75) is 58.8 Å². The minimum Gasteiger partial charge on any atom is -0.371 e. The van der Waals surface area contributed by atoms with Crippen molar-refractivity contribution >= 4 is 10.0 Å². The molecule has 0 aliphatic carbocycles. The van der Waals surface area contributed by atoms with E-state index in [1.165, 1.54) is 11.6 Å². The lowest BCUT2D eigenvalue weighted by Gasteiger charge is -2.40. The third-order valence-electron chi connectivity index (χ3n) is 3.17. The van der Waals surface area contributed by atoms with Gasteiger partial charge in [-0.05, 0) is 26.2 Å². The number of ether oxygens (including phenoxy) is 1. The van der Waals surface area contributed by atoms with Crippen LogP contribution in [0.3, 0.4) is 0 Å². The summed E-state index contributed by atoms with van der Waals surface area (Å²) >= 11 is 0. The lowest BCUT2D eigenvalue weighted by atomic mass is 9.79. The maximum atomic E-state index is 12.1. The summed E-state index contributed by atoms with van der Waals surface area (Å²) in [4.78, 5) is 0. The zero-order valence-corrected chi connectivity index (χ0v) is 12.9. The van der Waals surface area contributed by atoms with E-state index in [0.717, 1.165) is 0 Å². The van der Waals surface area contributed by atoms with Crippen LogP contribution in [-0.4, -0.2) is 32.2 Å². The van der Waals surface area contributed by atoms with E-state index >= 15 is 0 Å². The van der Waals surface area contributed by atoms with Crippen LogP contribution in [0.15, 0.2) is 0 Å². The van der Waals surface area contributed by atoms with Gasteiger partial charge in [-0.25, -0.2) is 13.1 Å². The summed E-state index contributed by atoms with van der Waals surface area (Å²) in [5.41, 5.74) is -6.13. The van der Waals surface area contributed by atoms with Gasteiger partial charge in [-0.15, -0.1) is 0 Å². The highest BCUT2D eigenvalue weighted by molar-refractivity contribution is 7.90. The Bertz CT molecular complexity index is 396. The molecule has 0 aliphatic rings. The first-order valence-electron chi connectivity index (χ1n) is 5.84. The second kappa shape index (κ2) is 5.57. The predicted molar refractivity (Wildman–Crippen MR) is 67.1 cm³/mol. The van der Waals surface area contributed by atoms with Crippen molar-refractivity contribution in [1.82, 2.24) is 4.72 Å². The summed E-state index contributed by atoms with van der Waals surface area (Å²) in [5, 5.41) is 0. The number of hydrogen-bond donors (Lipinski definition) is 1. The summed E-state index contributed by atoms with van der Waals surface area (Å²) in [6.07, 6.45) is -0.675. The molecule has 0 amide bonds. The van der Waals surface area contributed by atoms with Crippen LogP contribution in [-0.2, 0) is 14.8 Å². The van der Waals surface area contributed by atoms with Gasteiger partial charge in [-0.2, -0.15) is 13.2 Å². The molecule has 0 saturated carbocycles. The first-order chi connectivity index (χ1) is 8.10. The van der Waals surface area contributed by atoms with E-state index < -0.39 is 33.8 Å². The number of alkyl halides is 3. The van der Waals surface area contributed by atoms with Gasteiger partial charge in [-0.1, -0.05) is 20.8 Å². The molecular weight excluding hydrogens is 283 g/mol. The van der Waals surface area contributed by atoms with Crippen molar-refractivity contribution in [2.24, 2.45) is 5.41 Å². The quantitative estimate of drug-likeness (QED) is 0.849. The number of sulfonamides is 1. The Morgan fingerprint density at radius 3 is 1.84 bits per heavy atom. The van der Waals surface area contributed by atoms with Crippen LogP contribution in [0.4, 0.5) is 13.2 Å². The highest BCUT2D eigenvalue weighted by Crippen LogP contribution is 2.33. The van der Waals surface area contributed by atoms with E-state index in [-0.39, 0.29) is 5.41 Å². The molecule has 0 aliphatic heterocycles. The molecule has 0 aromatic carbocycles. The van der Waals surface area contributed by atoms with Crippen molar-refractivity contribution in [3.8, 4) is 0 Å². The lowest BCUT2D eigenvalue weighted by Crippen LogP contribution is -2.46. The number of halogens is 3. The second-order valence-electron chi connectivity index (χ2n) is 5.99. The zero-order valence-electron chi connectivity index (χ0n) is 12.1. The Morgan fingerprint density at radius 1 is 1.11 bits per heavy atom. The third kappa shape index (κ3) is 5.27. The van der Waals surface area contributed by atoms with Gasteiger partial charge in [0.2, 0.25) is 0 Å². The molecule has 0 rings (SSSR count). The van der Waals surface area contributed by atoms with Crippen molar-refractivity contribution in [1.29, 1.82) is 0 Å². The van der Waals surface area contributed by atoms with Crippen LogP contribution in [0.1, 0.15) is 41.5 Å². The molecule has 0 radical (unpaired) electrons. The second-order valence-corrected chi connectivity index (χ2v) is 7.74. The molecule has 0 aromatic heterocycles. The fraction of sp³-hybridized carbons (Fsp3) is 1.00. The van der Waals surface area contributed by atoms with Crippen molar-refractivity contribution in [2.75, 3.05) is 6.54 Å². The van der Waals surface area contributed by atoms with Crippen LogP contribution < -0.4 is 4.72 Å². The Morgan fingerprint density at radius 2 is 1.53 bits per heavy atom. The molecule has 19 heavy (non-hydrogen) atoms. The number of hydrogen-bond acceptors (Lipinski definition) is 3. The molecule has 116 valence electrons. The van der Waals surface area contributed by atoms with Crippen LogP contribution >= 0.6 is 0 Å². The fourth-order valence-electron chi connectivity index (χ4n) is 1.03. The maximum absolute atomic E-state index is 12.1. The Kier molecular flexibility index (Phi) is 5.47. The van der Waals surface area contributed by atoms with Crippen LogP contribution in [0, 0.1) is 5.41 Å². The van der Waals surface area contributed by atoms with E-state index in [1.54, 1.807) is 0 Å². The monoisotopic (exact) mass is 305 g/mol. The summed E-state index contributed by atoms with van der Waals surface area (Å²) < 4.78 is 65.1. The van der Waals surface area contributed by atoms with Gasteiger partial charge in [-0.3, -0.25) is 0 Å². The molecule has 1 unspecified atom stereocenters. The van der Waals surface area contributed by atoms with E-state index in [1.807, 2.05) is 34.6 Å². The molecule has 0 spiro atoms. The highest BCUT2D eigenvalue weighted by atomic mass is 32.2. The predicted octanol–water partition coefficient (Wildman–Crippen LogP) is 2.66. The Hall–Kier alpha value is -0.340. The normalized spacial score (nSPS) is 16.5. The molecule has 8 heteroatoms. The molecule has 1 N–H and O–H groups in total. The Labute approximate surface area is 112 Å². The van der Waals surface area contributed by atoms with Crippen molar-refractivity contribution < 1.29 is 26.3 Å². The van der Waals surface area contributed by atoms with E-state index in [0.29, 0.717) is 0 Å². The highest BCUT2D eigenvalue weighted by Gasteiger charge is 2.46. The molecule has 0 heterocycles.